The molecule has 0 radical (unpaired) electrons. The van der Waals surface area contributed by atoms with Gasteiger partial charge in [0.25, 0.3) is 0 Å². The molecule has 0 aliphatic heterocycles. The first-order chi connectivity index (χ1) is 37.5. The van der Waals surface area contributed by atoms with E-state index in [2.05, 4.69) is 31.3 Å². The van der Waals surface area contributed by atoms with Crippen molar-refractivity contribution >= 4 is 11.9 Å². The third-order valence-electron chi connectivity index (χ3n) is 16.6. The Labute approximate surface area is 476 Å². The third kappa shape index (κ3) is 61.8. The molecule has 0 fully saturated rings. The fraction of sp³-hybridized carbons (Fsp3) is 0.943. The second-order valence-corrected chi connectivity index (χ2v) is 24.2. The van der Waals surface area contributed by atoms with Crippen molar-refractivity contribution in [1.82, 2.24) is 5.32 Å². The summed E-state index contributed by atoms with van der Waals surface area (Å²) in [6.07, 6.45) is 81.0. The van der Waals surface area contributed by atoms with Gasteiger partial charge in [0.15, 0.2) is 0 Å². The molecular weight excluding hydrogens is 935 g/mol. The summed E-state index contributed by atoms with van der Waals surface area (Å²) in [5.41, 5.74) is 0. The highest BCUT2D eigenvalue weighted by atomic mass is 16.5. The predicted octanol–water partition coefficient (Wildman–Crippen LogP) is 22.4. The summed E-state index contributed by atoms with van der Waals surface area (Å²) in [4.78, 5) is 24.6. The number of amides is 1. The van der Waals surface area contributed by atoms with Crippen molar-refractivity contribution in [3.63, 3.8) is 0 Å². The van der Waals surface area contributed by atoms with Crippen LogP contribution in [0.2, 0.25) is 0 Å². The van der Waals surface area contributed by atoms with Crippen LogP contribution in [0.5, 0.6) is 0 Å². The number of allylic oxidation sites excluding steroid dienone is 2. The summed E-state index contributed by atoms with van der Waals surface area (Å²) < 4.78 is 5.50. The molecule has 0 saturated carbocycles. The number of ether oxygens (including phenoxy) is 1. The minimum Gasteiger partial charge on any atom is -0.466 e. The van der Waals surface area contributed by atoms with Crippen molar-refractivity contribution in [2.75, 3.05) is 13.2 Å². The van der Waals surface area contributed by atoms with E-state index in [0.717, 1.165) is 44.9 Å². The number of esters is 1. The molecule has 0 aliphatic carbocycles. The lowest BCUT2D eigenvalue weighted by Gasteiger charge is -2.22. The van der Waals surface area contributed by atoms with Gasteiger partial charge in [0, 0.05) is 12.8 Å². The minimum absolute atomic E-state index is 0.0100. The average Bonchev–Trinajstić information content (AvgIpc) is 3.42. The molecular formula is C70H137NO5. The predicted molar refractivity (Wildman–Crippen MR) is 333 cm³/mol. The Kier molecular flexibility index (Phi) is 64.9. The Hall–Kier alpha value is -1.40. The lowest BCUT2D eigenvalue weighted by Crippen LogP contribution is -2.45. The minimum atomic E-state index is -0.666. The van der Waals surface area contributed by atoms with E-state index in [1.165, 1.54) is 321 Å². The molecule has 0 heterocycles. The highest BCUT2D eigenvalue weighted by Crippen LogP contribution is 2.19. The van der Waals surface area contributed by atoms with Gasteiger partial charge in [-0.2, -0.15) is 0 Å². The fourth-order valence-electron chi connectivity index (χ4n) is 11.2. The Morgan fingerprint density at radius 2 is 0.618 bits per heavy atom. The third-order valence-corrected chi connectivity index (χ3v) is 16.6. The maximum absolute atomic E-state index is 12.5. The molecule has 0 saturated heterocycles. The van der Waals surface area contributed by atoms with Gasteiger partial charge in [-0.25, -0.2) is 0 Å². The quantitative estimate of drug-likeness (QED) is 0.0320. The zero-order valence-corrected chi connectivity index (χ0v) is 51.8. The first-order valence-corrected chi connectivity index (χ1v) is 34.9. The molecule has 0 rings (SSSR count). The van der Waals surface area contributed by atoms with Crippen LogP contribution >= 0.6 is 0 Å². The van der Waals surface area contributed by atoms with Crippen molar-refractivity contribution in [2.45, 2.75) is 411 Å². The number of nitrogens with one attached hydrogen (secondary N) is 1. The lowest BCUT2D eigenvalue weighted by molar-refractivity contribution is -0.143. The smallest absolute Gasteiger partial charge is 0.305 e. The van der Waals surface area contributed by atoms with E-state index in [-0.39, 0.29) is 18.5 Å². The zero-order chi connectivity index (χ0) is 55.0. The SMILES string of the molecule is CCCCCCCC/C=C\CCCCCCCCCC(=O)OCCCCCCCCCCCCCCCCCCCCCCCC(=O)NC(CO)C(O)CCCCCCCCCCCCCCCCCCCCCCC. The van der Waals surface area contributed by atoms with E-state index in [4.69, 9.17) is 4.74 Å². The van der Waals surface area contributed by atoms with Crippen LogP contribution in [0.3, 0.4) is 0 Å². The van der Waals surface area contributed by atoms with Gasteiger partial charge >= 0.3 is 5.97 Å². The molecule has 0 spiro atoms. The number of aliphatic hydroxyl groups is 2. The Bertz CT molecular complexity index is 1140. The summed E-state index contributed by atoms with van der Waals surface area (Å²) in [7, 11) is 0. The number of carbonyl (C=O) groups is 2. The van der Waals surface area contributed by atoms with Crippen LogP contribution in [0.15, 0.2) is 12.2 Å². The highest BCUT2D eigenvalue weighted by Gasteiger charge is 2.20. The molecule has 0 aliphatic rings. The van der Waals surface area contributed by atoms with Crippen LogP contribution in [0.4, 0.5) is 0 Å². The van der Waals surface area contributed by atoms with Gasteiger partial charge < -0.3 is 20.3 Å². The topological polar surface area (TPSA) is 95.9 Å². The molecule has 452 valence electrons. The van der Waals surface area contributed by atoms with Gasteiger partial charge in [-0.15, -0.1) is 0 Å². The van der Waals surface area contributed by atoms with Crippen LogP contribution in [0, 0.1) is 0 Å². The lowest BCUT2D eigenvalue weighted by atomic mass is 10.0. The van der Waals surface area contributed by atoms with E-state index in [1.807, 2.05) is 0 Å². The molecule has 0 aromatic carbocycles. The van der Waals surface area contributed by atoms with Crippen LogP contribution < -0.4 is 5.32 Å². The number of rotatable bonds is 66. The number of aliphatic hydroxyl groups excluding tert-OH is 2. The number of hydrogen-bond acceptors (Lipinski definition) is 5. The number of unbranched alkanes of at least 4 members (excludes halogenated alkanes) is 53. The van der Waals surface area contributed by atoms with E-state index < -0.39 is 12.1 Å². The maximum Gasteiger partial charge on any atom is 0.305 e. The standard InChI is InChI=1S/C70H137NO5/c1-3-5-7-9-11-13-15-17-19-21-22-24-27-31-34-38-42-46-50-54-58-62-68(73)67(66-72)71-69(74)63-59-55-51-47-43-39-35-32-28-25-23-26-29-33-37-41-45-49-53-57-61-65-76-70(75)64-60-56-52-48-44-40-36-30-20-18-16-14-12-10-8-6-4-2/h18,20,67-68,72-73H,3-17,19,21-66H2,1-2H3,(H,71,74)/b20-18-. The molecule has 0 aromatic rings. The first-order valence-electron chi connectivity index (χ1n) is 34.9. The van der Waals surface area contributed by atoms with Gasteiger partial charge in [0.2, 0.25) is 5.91 Å². The molecule has 0 aromatic heterocycles. The maximum atomic E-state index is 12.5. The van der Waals surface area contributed by atoms with Crippen LogP contribution in [0.1, 0.15) is 399 Å². The molecule has 1 amide bonds. The summed E-state index contributed by atoms with van der Waals surface area (Å²) >= 11 is 0. The van der Waals surface area contributed by atoms with E-state index >= 15 is 0 Å². The molecule has 3 N–H and O–H groups in total. The van der Waals surface area contributed by atoms with Crippen molar-refractivity contribution in [1.29, 1.82) is 0 Å². The second kappa shape index (κ2) is 66.1. The number of carbonyl (C=O) groups excluding carboxylic acids is 2. The molecule has 76 heavy (non-hydrogen) atoms. The normalized spacial score (nSPS) is 12.5. The van der Waals surface area contributed by atoms with E-state index in [9.17, 15) is 19.8 Å². The fourth-order valence-corrected chi connectivity index (χ4v) is 11.2. The summed E-state index contributed by atoms with van der Waals surface area (Å²) in [5, 5.41) is 23.4. The average molecular weight is 1070 g/mol. The molecule has 2 unspecified atom stereocenters. The van der Waals surface area contributed by atoms with E-state index in [0.29, 0.717) is 25.9 Å². The first kappa shape index (κ1) is 74.6. The van der Waals surface area contributed by atoms with Crippen molar-refractivity contribution in [2.24, 2.45) is 0 Å². The number of hydrogen-bond donors (Lipinski definition) is 3. The summed E-state index contributed by atoms with van der Waals surface area (Å²) in [6.45, 7) is 4.99. The van der Waals surface area contributed by atoms with Crippen molar-refractivity contribution < 1.29 is 24.5 Å². The van der Waals surface area contributed by atoms with Crippen LogP contribution in [-0.4, -0.2) is 47.4 Å². The van der Waals surface area contributed by atoms with Gasteiger partial charge in [-0.1, -0.05) is 347 Å². The van der Waals surface area contributed by atoms with Gasteiger partial charge in [-0.3, -0.25) is 9.59 Å². The molecule has 6 nitrogen and oxygen atoms in total. The monoisotopic (exact) mass is 1070 g/mol. The van der Waals surface area contributed by atoms with Gasteiger partial charge in [-0.05, 0) is 51.4 Å². The van der Waals surface area contributed by atoms with Crippen LogP contribution in [-0.2, 0) is 14.3 Å². The second-order valence-electron chi connectivity index (χ2n) is 24.2. The Morgan fingerprint density at radius 1 is 0.355 bits per heavy atom. The molecule has 2 atom stereocenters. The summed E-state index contributed by atoms with van der Waals surface area (Å²) in [5.74, 6) is -0.0212. The van der Waals surface area contributed by atoms with Crippen molar-refractivity contribution in [3.05, 3.63) is 12.2 Å². The largest absolute Gasteiger partial charge is 0.466 e. The van der Waals surface area contributed by atoms with Gasteiger partial charge in [0.05, 0.1) is 25.4 Å². The Morgan fingerprint density at radius 3 is 0.934 bits per heavy atom. The highest BCUT2D eigenvalue weighted by molar-refractivity contribution is 5.76. The summed E-state index contributed by atoms with van der Waals surface area (Å²) in [6, 6.07) is -0.543. The molecule has 0 bridgehead atoms. The van der Waals surface area contributed by atoms with Crippen molar-refractivity contribution in [3.8, 4) is 0 Å². The van der Waals surface area contributed by atoms with Crippen LogP contribution in [0.25, 0.3) is 0 Å². The zero-order valence-electron chi connectivity index (χ0n) is 51.8. The molecule has 6 heteroatoms. The van der Waals surface area contributed by atoms with Gasteiger partial charge in [0.1, 0.15) is 0 Å². The Balaban J connectivity index is 3.37. The van der Waals surface area contributed by atoms with E-state index in [1.54, 1.807) is 0 Å².